The van der Waals surface area contributed by atoms with Crippen molar-refractivity contribution in [3.63, 3.8) is 0 Å². The van der Waals surface area contributed by atoms with Crippen molar-refractivity contribution in [1.29, 1.82) is 0 Å². The summed E-state index contributed by atoms with van der Waals surface area (Å²) in [6.07, 6.45) is 2.22. The summed E-state index contributed by atoms with van der Waals surface area (Å²) < 4.78 is 4.79. The second kappa shape index (κ2) is 13.1. The van der Waals surface area contributed by atoms with Gasteiger partial charge in [-0.2, -0.15) is 0 Å². The number of hydrogen-bond acceptors (Lipinski definition) is 0. The molecule has 0 aliphatic rings. The first-order valence-corrected chi connectivity index (χ1v) is 19.1. The van der Waals surface area contributed by atoms with Crippen molar-refractivity contribution >= 4 is 43.6 Å². The fourth-order valence-corrected chi connectivity index (χ4v) is 8.74. The molecule has 258 valence electrons. The molecule has 2 heterocycles. The Bertz CT molecular complexity index is 3000. The van der Waals surface area contributed by atoms with Gasteiger partial charge in [0, 0.05) is 32.9 Å². The standard InChI is InChI=1S/C52H40N2/c1-3-14-36-15-7-8-18-44(36)43-22-13-21-42(35(43)2)37-25-29-41(30-26-37)54-50-24-12-10-20-46(50)48-34-39(28-32-52(48)54)38-27-31-51-47(33-38)45-19-9-11-23-49(45)53(51)40-16-5-4-6-17-40/h4-13,15-34H,3,14H2,1-2H3. The van der Waals surface area contributed by atoms with Gasteiger partial charge < -0.3 is 9.13 Å². The summed E-state index contributed by atoms with van der Waals surface area (Å²) in [7, 11) is 0. The number of fused-ring (bicyclic) bond motifs is 6. The summed E-state index contributed by atoms with van der Waals surface area (Å²) in [5.41, 5.74) is 17.6. The van der Waals surface area contributed by atoms with Crippen LogP contribution in [0.4, 0.5) is 0 Å². The van der Waals surface area contributed by atoms with E-state index in [2.05, 4.69) is 205 Å². The van der Waals surface area contributed by atoms with Crippen LogP contribution in [-0.4, -0.2) is 9.13 Å². The molecule has 0 atom stereocenters. The van der Waals surface area contributed by atoms with Crippen molar-refractivity contribution in [2.75, 3.05) is 0 Å². The van der Waals surface area contributed by atoms with Gasteiger partial charge in [-0.05, 0) is 119 Å². The van der Waals surface area contributed by atoms with Crippen LogP contribution in [0.2, 0.25) is 0 Å². The minimum atomic E-state index is 1.09. The van der Waals surface area contributed by atoms with Gasteiger partial charge in [0.05, 0.1) is 22.1 Å². The van der Waals surface area contributed by atoms with Gasteiger partial charge in [0.15, 0.2) is 0 Å². The van der Waals surface area contributed by atoms with Crippen LogP contribution in [0.3, 0.4) is 0 Å². The van der Waals surface area contributed by atoms with E-state index in [-0.39, 0.29) is 0 Å². The van der Waals surface area contributed by atoms with Crippen LogP contribution in [0.15, 0.2) is 182 Å². The fraction of sp³-hybridized carbons (Fsp3) is 0.0769. The number of aromatic nitrogens is 2. The fourth-order valence-electron chi connectivity index (χ4n) is 8.74. The molecule has 0 spiro atoms. The van der Waals surface area contributed by atoms with Crippen molar-refractivity contribution in [3.05, 3.63) is 193 Å². The van der Waals surface area contributed by atoms with Gasteiger partial charge in [-0.25, -0.2) is 0 Å². The first kappa shape index (κ1) is 32.0. The van der Waals surface area contributed by atoms with Crippen molar-refractivity contribution in [1.82, 2.24) is 9.13 Å². The highest BCUT2D eigenvalue weighted by atomic mass is 15.0. The average molecular weight is 693 g/mol. The van der Waals surface area contributed by atoms with Gasteiger partial charge in [-0.3, -0.25) is 0 Å². The maximum absolute atomic E-state index is 2.42. The minimum absolute atomic E-state index is 1.09. The lowest BCUT2D eigenvalue weighted by atomic mass is 9.89. The van der Waals surface area contributed by atoms with Crippen LogP contribution >= 0.6 is 0 Å². The topological polar surface area (TPSA) is 9.86 Å². The smallest absolute Gasteiger partial charge is 0.0541 e. The molecule has 0 fully saturated rings. The Hall–Kier alpha value is -6.64. The lowest BCUT2D eigenvalue weighted by molar-refractivity contribution is 0.923. The third-order valence-corrected chi connectivity index (χ3v) is 11.3. The molecule has 0 bridgehead atoms. The molecule has 0 aliphatic carbocycles. The Balaban J connectivity index is 1.06. The van der Waals surface area contributed by atoms with Crippen LogP contribution in [0.1, 0.15) is 24.5 Å². The number of hydrogen-bond donors (Lipinski definition) is 0. The van der Waals surface area contributed by atoms with Gasteiger partial charge in [0.25, 0.3) is 0 Å². The van der Waals surface area contributed by atoms with E-state index >= 15 is 0 Å². The van der Waals surface area contributed by atoms with Crippen LogP contribution in [0.25, 0.3) is 88.4 Å². The third kappa shape index (κ3) is 5.17. The summed E-state index contributed by atoms with van der Waals surface area (Å²) in [6, 6.07) is 66.9. The maximum Gasteiger partial charge on any atom is 0.0541 e. The molecule has 8 aromatic carbocycles. The molecule has 0 N–H and O–H groups in total. The van der Waals surface area contributed by atoms with E-state index in [0.29, 0.717) is 0 Å². The summed E-state index contributed by atoms with van der Waals surface area (Å²) in [5.74, 6) is 0. The van der Waals surface area contributed by atoms with Crippen LogP contribution in [0, 0.1) is 6.92 Å². The second-order valence-electron chi connectivity index (χ2n) is 14.4. The van der Waals surface area contributed by atoms with Crippen LogP contribution in [-0.2, 0) is 6.42 Å². The Morgan fingerprint density at radius 2 is 0.852 bits per heavy atom. The number of nitrogens with zero attached hydrogens (tertiary/aromatic N) is 2. The van der Waals surface area contributed by atoms with Crippen molar-refractivity contribution < 1.29 is 0 Å². The van der Waals surface area contributed by atoms with E-state index < -0.39 is 0 Å². The van der Waals surface area contributed by atoms with E-state index in [1.807, 2.05) is 0 Å². The van der Waals surface area contributed by atoms with Gasteiger partial charge in [0.2, 0.25) is 0 Å². The van der Waals surface area contributed by atoms with E-state index in [4.69, 9.17) is 0 Å². The average Bonchev–Trinajstić information content (AvgIpc) is 3.74. The van der Waals surface area contributed by atoms with Crippen LogP contribution in [0.5, 0.6) is 0 Å². The Kier molecular flexibility index (Phi) is 7.77. The monoisotopic (exact) mass is 692 g/mol. The summed E-state index contributed by atoms with van der Waals surface area (Å²) >= 11 is 0. The molecule has 2 nitrogen and oxygen atoms in total. The zero-order chi connectivity index (χ0) is 36.2. The number of para-hydroxylation sites is 3. The Morgan fingerprint density at radius 1 is 0.370 bits per heavy atom. The number of aryl methyl sites for hydroxylation is 1. The van der Waals surface area contributed by atoms with Crippen molar-refractivity contribution in [3.8, 4) is 44.8 Å². The molecule has 0 radical (unpaired) electrons. The summed E-state index contributed by atoms with van der Waals surface area (Å²) in [6.45, 7) is 4.52. The van der Waals surface area contributed by atoms with E-state index in [1.165, 1.54) is 93.8 Å². The highest BCUT2D eigenvalue weighted by Crippen LogP contribution is 2.39. The van der Waals surface area contributed by atoms with Crippen LogP contribution < -0.4 is 0 Å². The third-order valence-electron chi connectivity index (χ3n) is 11.3. The van der Waals surface area contributed by atoms with Gasteiger partial charge >= 0.3 is 0 Å². The molecule has 10 aromatic rings. The second-order valence-corrected chi connectivity index (χ2v) is 14.4. The quantitative estimate of drug-likeness (QED) is 0.157. The molecule has 54 heavy (non-hydrogen) atoms. The predicted molar refractivity (Wildman–Crippen MR) is 230 cm³/mol. The van der Waals surface area contributed by atoms with Gasteiger partial charge in [-0.1, -0.05) is 135 Å². The normalized spacial score (nSPS) is 11.7. The lowest BCUT2D eigenvalue weighted by Gasteiger charge is -2.16. The molecule has 0 saturated heterocycles. The largest absolute Gasteiger partial charge is 0.309 e. The minimum Gasteiger partial charge on any atom is -0.309 e. The number of rotatable bonds is 7. The molecule has 0 amide bonds. The highest BCUT2D eigenvalue weighted by Gasteiger charge is 2.17. The van der Waals surface area contributed by atoms with Crippen molar-refractivity contribution in [2.45, 2.75) is 26.7 Å². The molecule has 2 aromatic heterocycles. The van der Waals surface area contributed by atoms with E-state index in [9.17, 15) is 0 Å². The molecule has 0 saturated carbocycles. The molecular formula is C52H40N2. The maximum atomic E-state index is 2.42. The Labute approximate surface area is 316 Å². The first-order chi connectivity index (χ1) is 26.7. The highest BCUT2D eigenvalue weighted by molar-refractivity contribution is 6.12. The van der Waals surface area contributed by atoms with Gasteiger partial charge in [0.1, 0.15) is 0 Å². The zero-order valence-electron chi connectivity index (χ0n) is 30.6. The predicted octanol–water partition coefficient (Wildman–Crippen LogP) is 14.1. The zero-order valence-corrected chi connectivity index (χ0v) is 30.6. The molecular weight excluding hydrogens is 653 g/mol. The molecule has 0 aliphatic heterocycles. The lowest BCUT2D eigenvalue weighted by Crippen LogP contribution is -1.95. The molecule has 2 heteroatoms. The van der Waals surface area contributed by atoms with E-state index in [0.717, 1.165) is 18.5 Å². The SMILES string of the molecule is CCCc1ccccc1-c1cccc(-c2ccc(-n3c4ccccc4c4cc(-c5ccc6c(c5)c5ccccc5n6-c5ccccc5)ccc43)cc2)c1C. The van der Waals surface area contributed by atoms with E-state index in [1.54, 1.807) is 0 Å². The number of benzene rings is 8. The molecule has 0 unspecified atom stereocenters. The van der Waals surface area contributed by atoms with Gasteiger partial charge in [-0.15, -0.1) is 0 Å². The summed E-state index contributed by atoms with van der Waals surface area (Å²) in [4.78, 5) is 0. The first-order valence-electron chi connectivity index (χ1n) is 19.1. The molecule has 10 rings (SSSR count). The van der Waals surface area contributed by atoms with Crippen molar-refractivity contribution in [2.24, 2.45) is 0 Å². The summed E-state index contributed by atoms with van der Waals surface area (Å²) in [5, 5.41) is 5.05. The Morgan fingerprint density at radius 3 is 1.48 bits per heavy atom.